The van der Waals surface area contributed by atoms with Crippen LogP contribution in [0.5, 0.6) is 0 Å². The summed E-state index contributed by atoms with van der Waals surface area (Å²) in [6.07, 6.45) is 5.28. The molecule has 2 N–H and O–H groups in total. The summed E-state index contributed by atoms with van der Waals surface area (Å²) in [4.78, 5) is 38.1. The smallest absolute Gasteiger partial charge is 0.408 e. The molecule has 0 heterocycles. The molecule has 0 aromatic heterocycles. The van der Waals surface area contributed by atoms with Crippen LogP contribution in [0.1, 0.15) is 76.6 Å². The van der Waals surface area contributed by atoms with Crippen LogP contribution >= 0.6 is 11.8 Å². The van der Waals surface area contributed by atoms with Crippen molar-refractivity contribution < 1.29 is 23.9 Å². The van der Waals surface area contributed by atoms with Crippen LogP contribution in [0.2, 0.25) is 0 Å². The van der Waals surface area contributed by atoms with Crippen LogP contribution in [0.15, 0.2) is 29.2 Å². The van der Waals surface area contributed by atoms with Crippen molar-refractivity contribution in [2.45, 2.75) is 87.5 Å². The molecule has 0 aliphatic heterocycles. The van der Waals surface area contributed by atoms with Crippen LogP contribution in [-0.4, -0.2) is 48.0 Å². The molecule has 1 aliphatic carbocycles. The molecule has 0 spiro atoms. The summed E-state index contributed by atoms with van der Waals surface area (Å²) in [5, 5.41) is 5.65. The molecule has 1 saturated carbocycles. The van der Waals surface area contributed by atoms with Crippen molar-refractivity contribution in [1.82, 2.24) is 10.6 Å². The largest absolute Gasteiger partial charge is 0.468 e. The molecular weight excluding hydrogens is 428 g/mol. The Morgan fingerprint density at radius 2 is 1.72 bits per heavy atom. The zero-order chi connectivity index (χ0) is 23.8. The van der Waals surface area contributed by atoms with Crippen LogP contribution in [-0.2, 0) is 14.3 Å². The summed E-state index contributed by atoms with van der Waals surface area (Å²) < 4.78 is 10.3. The van der Waals surface area contributed by atoms with Crippen molar-refractivity contribution in [3.8, 4) is 0 Å². The van der Waals surface area contributed by atoms with Gasteiger partial charge >= 0.3 is 12.1 Å². The van der Waals surface area contributed by atoms with Crippen LogP contribution in [0.25, 0.3) is 0 Å². The van der Waals surface area contributed by atoms with Gasteiger partial charge in [-0.05, 0) is 52.7 Å². The maximum Gasteiger partial charge on any atom is 0.408 e. The minimum atomic E-state index is -0.592. The first-order chi connectivity index (χ1) is 15.1. The number of thioether (sulfide) groups is 1. The zero-order valence-corrected chi connectivity index (χ0v) is 20.6. The number of carbonyl (C=O) groups excluding carboxylic acids is 3. The van der Waals surface area contributed by atoms with Crippen molar-refractivity contribution in [2.24, 2.45) is 0 Å². The Labute approximate surface area is 195 Å². The van der Waals surface area contributed by atoms with Crippen molar-refractivity contribution in [1.29, 1.82) is 0 Å². The molecule has 7 nitrogen and oxygen atoms in total. The van der Waals surface area contributed by atoms with E-state index >= 15 is 0 Å². The summed E-state index contributed by atoms with van der Waals surface area (Å²) in [5.41, 5.74) is -0.643. The van der Waals surface area contributed by atoms with Crippen LogP contribution in [0, 0.1) is 0 Å². The Morgan fingerprint density at radius 3 is 2.31 bits per heavy atom. The summed E-state index contributed by atoms with van der Waals surface area (Å²) in [5.74, 6) is -0.580. The highest BCUT2D eigenvalue weighted by molar-refractivity contribution is 8.00. The molecule has 1 unspecified atom stereocenters. The molecule has 0 radical (unpaired) electrons. The van der Waals surface area contributed by atoms with Crippen molar-refractivity contribution in [2.75, 3.05) is 13.7 Å². The van der Waals surface area contributed by atoms with Gasteiger partial charge in [-0.2, -0.15) is 0 Å². The lowest BCUT2D eigenvalue weighted by Crippen LogP contribution is -2.56. The minimum absolute atomic E-state index is 0.236. The number of nitrogens with one attached hydrogen (secondary N) is 2. The van der Waals surface area contributed by atoms with Gasteiger partial charge in [0.05, 0.1) is 18.2 Å². The van der Waals surface area contributed by atoms with E-state index in [1.807, 2.05) is 32.9 Å². The number of rotatable bonds is 7. The van der Waals surface area contributed by atoms with Gasteiger partial charge in [-0.3, -0.25) is 9.59 Å². The number of ether oxygens (including phenoxy) is 2. The van der Waals surface area contributed by atoms with Crippen LogP contribution in [0.4, 0.5) is 4.79 Å². The average Bonchev–Trinajstić information content (AvgIpc) is 2.96. The number of benzene rings is 1. The molecule has 2 rings (SSSR count). The molecule has 1 fully saturated rings. The number of alkyl carbamates (subject to hydrolysis) is 1. The van der Waals surface area contributed by atoms with Gasteiger partial charge in [0.15, 0.2) is 0 Å². The van der Waals surface area contributed by atoms with Crippen LogP contribution in [0.3, 0.4) is 0 Å². The highest BCUT2D eigenvalue weighted by atomic mass is 32.2. The van der Waals surface area contributed by atoms with Crippen molar-refractivity contribution >= 4 is 29.7 Å². The first-order valence-electron chi connectivity index (χ1n) is 11.2. The predicted molar refractivity (Wildman–Crippen MR) is 126 cm³/mol. The molecular formula is C24H36N2O5S. The monoisotopic (exact) mass is 464 g/mol. The van der Waals surface area contributed by atoms with Gasteiger partial charge in [-0.25, -0.2) is 4.79 Å². The third kappa shape index (κ3) is 8.04. The lowest BCUT2D eigenvalue weighted by Gasteiger charge is -2.35. The first kappa shape index (κ1) is 26.0. The number of carbonyl (C=O) groups is 3. The second-order valence-corrected chi connectivity index (χ2v) is 10.7. The summed E-state index contributed by atoms with van der Waals surface area (Å²) in [6.45, 7) is 7.56. The highest BCUT2D eigenvalue weighted by Crippen LogP contribution is 2.29. The fraction of sp³-hybridized carbons (Fsp3) is 0.625. The van der Waals surface area contributed by atoms with E-state index in [0.29, 0.717) is 17.0 Å². The van der Waals surface area contributed by atoms with Gasteiger partial charge in [0, 0.05) is 11.4 Å². The Hall–Kier alpha value is -2.22. The van der Waals surface area contributed by atoms with Crippen molar-refractivity contribution in [3.63, 3.8) is 0 Å². The Kier molecular flexibility index (Phi) is 9.43. The first-order valence-corrected chi connectivity index (χ1v) is 12.1. The van der Waals surface area contributed by atoms with E-state index in [2.05, 4.69) is 10.6 Å². The third-order valence-corrected chi connectivity index (χ3v) is 6.54. The number of hydrogen-bond acceptors (Lipinski definition) is 6. The third-order valence-electron chi connectivity index (χ3n) is 5.38. The molecule has 2 amide bonds. The van der Waals surface area contributed by atoms with E-state index in [-0.39, 0.29) is 11.9 Å². The molecule has 1 aromatic carbocycles. The predicted octanol–water partition coefficient (Wildman–Crippen LogP) is 4.69. The van der Waals surface area contributed by atoms with Crippen molar-refractivity contribution in [3.05, 3.63) is 29.8 Å². The molecule has 8 heteroatoms. The maximum atomic E-state index is 13.1. The molecule has 178 valence electrons. The second-order valence-electron chi connectivity index (χ2n) is 9.28. The van der Waals surface area contributed by atoms with Gasteiger partial charge in [0.2, 0.25) is 0 Å². The molecule has 32 heavy (non-hydrogen) atoms. The standard InChI is InChI=1S/C24H36N2O5S/c1-17(21(28)30-5)32-19-13-9-8-12-18(19)20(27)25-16-24(14-10-6-7-11-15-24)26-22(29)31-23(2,3)4/h8-9,12-13,17H,6-7,10-11,14-16H2,1-5H3,(H,25,27)(H,26,29). The molecule has 1 aliphatic rings. The zero-order valence-electron chi connectivity index (χ0n) is 19.8. The van der Waals surface area contributed by atoms with Gasteiger partial charge in [-0.1, -0.05) is 37.8 Å². The Morgan fingerprint density at radius 1 is 1.09 bits per heavy atom. The number of methoxy groups -OCH3 is 1. The summed E-state index contributed by atoms with van der Waals surface area (Å²) in [6, 6.07) is 7.18. The number of esters is 1. The lowest BCUT2D eigenvalue weighted by atomic mass is 9.90. The topological polar surface area (TPSA) is 93.7 Å². The Balaban J connectivity index is 2.13. The van der Waals surface area contributed by atoms with Crippen LogP contribution < -0.4 is 10.6 Å². The van der Waals surface area contributed by atoms with E-state index in [1.54, 1.807) is 19.1 Å². The highest BCUT2D eigenvalue weighted by Gasteiger charge is 2.35. The molecule has 1 aromatic rings. The quantitative estimate of drug-likeness (QED) is 0.345. The maximum absolute atomic E-state index is 13.1. The Bertz CT molecular complexity index is 798. The average molecular weight is 465 g/mol. The minimum Gasteiger partial charge on any atom is -0.468 e. The molecule has 0 bridgehead atoms. The molecule has 1 atom stereocenters. The summed E-state index contributed by atoms with van der Waals surface area (Å²) in [7, 11) is 1.35. The fourth-order valence-electron chi connectivity index (χ4n) is 3.78. The van der Waals surface area contributed by atoms with E-state index in [4.69, 9.17) is 9.47 Å². The van der Waals surface area contributed by atoms with E-state index in [0.717, 1.165) is 38.5 Å². The van der Waals surface area contributed by atoms with Gasteiger partial charge in [-0.15, -0.1) is 11.8 Å². The second kappa shape index (κ2) is 11.6. The van der Waals surface area contributed by atoms with E-state index in [9.17, 15) is 14.4 Å². The SMILES string of the molecule is COC(=O)C(C)Sc1ccccc1C(=O)NCC1(NC(=O)OC(C)(C)C)CCCCCC1. The van der Waals surface area contributed by atoms with Gasteiger partial charge in [0.1, 0.15) is 10.9 Å². The van der Waals surface area contributed by atoms with E-state index in [1.165, 1.54) is 18.9 Å². The number of amides is 2. The van der Waals surface area contributed by atoms with Gasteiger partial charge < -0.3 is 20.1 Å². The van der Waals surface area contributed by atoms with E-state index < -0.39 is 22.5 Å². The number of hydrogen-bond donors (Lipinski definition) is 2. The fourth-order valence-corrected chi connectivity index (χ4v) is 4.80. The molecule has 0 saturated heterocycles. The lowest BCUT2D eigenvalue weighted by molar-refractivity contribution is -0.139. The normalized spacial score (nSPS) is 16.9. The summed E-state index contributed by atoms with van der Waals surface area (Å²) >= 11 is 1.29. The van der Waals surface area contributed by atoms with Gasteiger partial charge in [0.25, 0.3) is 5.91 Å².